The summed E-state index contributed by atoms with van der Waals surface area (Å²) in [7, 11) is 0. The molecule has 7 nitrogen and oxygen atoms in total. The van der Waals surface area contributed by atoms with Crippen LogP contribution in [0.1, 0.15) is 36.5 Å². The fraction of sp³-hybridized carbons (Fsp3) is 0.233. The van der Waals surface area contributed by atoms with E-state index in [9.17, 15) is 14.4 Å². The molecule has 0 radical (unpaired) electrons. The van der Waals surface area contributed by atoms with E-state index in [1.165, 1.54) is 4.90 Å². The second-order valence-corrected chi connectivity index (χ2v) is 10.6. The lowest BCUT2D eigenvalue weighted by Gasteiger charge is -2.17. The van der Waals surface area contributed by atoms with Gasteiger partial charge in [0.25, 0.3) is 17.1 Å². The van der Waals surface area contributed by atoms with E-state index < -0.39 is 5.91 Å². The molecule has 202 valence electrons. The highest BCUT2D eigenvalue weighted by atomic mass is 35.5. The molecule has 0 aromatic heterocycles. The second kappa shape index (κ2) is 12.9. The van der Waals surface area contributed by atoms with Crippen molar-refractivity contribution in [3.8, 4) is 11.5 Å². The first kappa shape index (κ1) is 28.3. The average Bonchev–Trinajstić information content (AvgIpc) is 3.16. The first-order valence-electron chi connectivity index (χ1n) is 12.5. The number of carbonyl (C=O) groups excluding carboxylic acids is 3. The number of anilines is 1. The number of carbonyl (C=O) groups is 3. The average molecular weight is 565 g/mol. The summed E-state index contributed by atoms with van der Waals surface area (Å²) < 4.78 is 11.7. The molecule has 1 aliphatic heterocycles. The van der Waals surface area contributed by atoms with Gasteiger partial charge >= 0.3 is 0 Å². The van der Waals surface area contributed by atoms with Gasteiger partial charge < -0.3 is 14.8 Å². The molecule has 0 bridgehead atoms. The van der Waals surface area contributed by atoms with Crippen LogP contribution in [-0.4, -0.2) is 41.7 Å². The van der Waals surface area contributed by atoms with E-state index >= 15 is 0 Å². The van der Waals surface area contributed by atoms with Crippen molar-refractivity contribution < 1.29 is 23.9 Å². The molecule has 0 aliphatic carbocycles. The lowest BCUT2D eigenvalue weighted by Crippen LogP contribution is -2.32. The van der Waals surface area contributed by atoms with Crippen molar-refractivity contribution >= 4 is 52.2 Å². The first-order valence-corrected chi connectivity index (χ1v) is 13.7. The van der Waals surface area contributed by atoms with Crippen LogP contribution < -0.4 is 14.8 Å². The van der Waals surface area contributed by atoms with Crippen molar-refractivity contribution in [2.45, 2.75) is 26.7 Å². The number of imide groups is 1. The molecule has 0 saturated carbocycles. The van der Waals surface area contributed by atoms with Gasteiger partial charge in [-0.2, -0.15) is 0 Å². The quantitative estimate of drug-likeness (QED) is 0.269. The molecular weight excluding hydrogens is 536 g/mol. The lowest BCUT2D eigenvalue weighted by molar-refractivity contribution is -0.123. The number of rotatable bonds is 10. The van der Waals surface area contributed by atoms with Gasteiger partial charge in [0.05, 0.1) is 22.2 Å². The molecule has 0 spiro atoms. The van der Waals surface area contributed by atoms with Crippen LogP contribution in [0.25, 0.3) is 6.08 Å². The Labute approximate surface area is 237 Å². The smallest absolute Gasteiger partial charge is 0.293 e. The third kappa shape index (κ3) is 7.22. The molecule has 1 N–H and O–H groups in total. The normalized spacial score (nSPS) is 14.3. The van der Waals surface area contributed by atoms with Crippen LogP contribution in [0.5, 0.6) is 11.5 Å². The van der Waals surface area contributed by atoms with Gasteiger partial charge in [-0.3, -0.25) is 19.3 Å². The predicted molar refractivity (Wildman–Crippen MR) is 155 cm³/mol. The van der Waals surface area contributed by atoms with Gasteiger partial charge in [-0.05, 0) is 66.1 Å². The van der Waals surface area contributed by atoms with Gasteiger partial charge in [-0.25, -0.2) is 0 Å². The van der Waals surface area contributed by atoms with Crippen LogP contribution in [-0.2, 0) is 9.59 Å². The number of hydrogen-bond acceptors (Lipinski definition) is 6. The Kier molecular flexibility index (Phi) is 9.32. The largest absolute Gasteiger partial charge is 0.491 e. The number of amides is 3. The second-order valence-electron chi connectivity index (χ2n) is 9.23. The molecule has 1 fully saturated rings. The number of benzene rings is 3. The van der Waals surface area contributed by atoms with Crippen molar-refractivity contribution in [1.82, 2.24) is 4.90 Å². The Morgan fingerprint density at radius 3 is 2.54 bits per heavy atom. The Bertz CT molecular complexity index is 1420. The number of halogens is 1. The van der Waals surface area contributed by atoms with E-state index in [1.54, 1.807) is 54.6 Å². The fourth-order valence-corrected chi connectivity index (χ4v) is 4.99. The molecule has 3 amide bonds. The number of nitrogens with one attached hydrogen (secondary N) is 1. The fourth-order valence-electron chi connectivity index (χ4n) is 3.95. The molecule has 4 rings (SSSR count). The molecule has 3 aromatic rings. The monoisotopic (exact) mass is 564 g/mol. The number of hydrogen-bond donors (Lipinski definition) is 1. The molecular formula is C30H29ClN2O5S. The molecule has 0 atom stereocenters. The summed E-state index contributed by atoms with van der Waals surface area (Å²) in [5.41, 5.74) is 3.21. The minimum Gasteiger partial charge on any atom is -0.491 e. The maximum Gasteiger partial charge on any atom is 0.293 e. The van der Waals surface area contributed by atoms with Gasteiger partial charge in [-0.15, -0.1) is 0 Å². The van der Waals surface area contributed by atoms with Crippen molar-refractivity contribution in [2.75, 3.05) is 25.1 Å². The van der Waals surface area contributed by atoms with Crippen LogP contribution in [0, 0.1) is 6.92 Å². The number of ether oxygens (including phenoxy) is 2. The molecule has 1 heterocycles. The zero-order valence-corrected chi connectivity index (χ0v) is 23.5. The standard InChI is InChI=1S/C30H29ClN2O5S/c1-19(2)22-13-12-20(3)16-26(22)37-15-14-33-29(35)27(39-30(33)36)17-21-8-4-7-11-25(21)38-18-28(34)32-24-10-6-5-9-23(24)31/h4-13,16-17,19H,14-15,18H2,1-3H3,(H,32,34)/b27-17-. The summed E-state index contributed by atoms with van der Waals surface area (Å²) in [6.45, 7) is 6.23. The highest BCUT2D eigenvalue weighted by Crippen LogP contribution is 2.34. The summed E-state index contributed by atoms with van der Waals surface area (Å²) >= 11 is 6.96. The van der Waals surface area contributed by atoms with E-state index in [0.29, 0.717) is 22.0 Å². The Morgan fingerprint density at radius 2 is 1.77 bits per heavy atom. The first-order chi connectivity index (χ1) is 18.7. The summed E-state index contributed by atoms with van der Waals surface area (Å²) in [6.07, 6.45) is 1.60. The summed E-state index contributed by atoms with van der Waals surface area (Å²) in [5.74, 6) is 0.672. The van der Waals surface area contributed by atoms with E-state index in [2.05, 4.69) is 19.2 Å². The van der Waals surface area contributed by atoms with Crippen LogP contribution >= 0.6 is 23.4 Å². The molecule has 1 saturated heterocycles. The summed E-state index contributed by atoms with van der Waals surface area (Å²) in [6, 6.07) is 20.0. The maximum absolute atomic E-state index is 13.0. The third-order valence-electron chi connectivity index (χ3n) is 5.95. The SMILES string of the molecule is Cc1ccc(C(C)C)c(OCCN2C(=O)S/C(=C\c3ccccc3OCC(=O)Nc3ccccc3Cl)C2=O)c1. The summed E-state index contributed by atoms with van der Waals surface area (Å²) in [4.78, 5) is 39.5. The van der Waals surface area contributed by atoms with Crippen molar-refractivity contribution in [3.05, 3.63) is 93.3 Å². The number of aryl methyl sites for hydroxylation is 1. The molecule has 9 heteroatoms. The van der Waals surface area contributed by atoms with Gasteiger partial charge in [0.15, 0.2) is 6.61 Å². The number of thioether (sulfide) groups is 1. The predicted octanol–water partition coefficient (Wildman–Crippen LogP) is 6.90. The lowest BCUT2D eigenvalue weighted by atomic mass is 10.0. The van der Waals surface area contributed by atoms with Gasteiger partial charge in [0.1, 0.15) is 18.1 Å². The van der Waals surface area contributed by atoms with E-state index in [0.717, 1.165) is 28.6 Å². The Balaban J connectivity index is 1.39. The van der Waals surface area contributed by atoms with Crippen molar-refractivity contribution in [3.63, 3.8) is 0 Å². The minimum atomic E-state index is -0.395. The molecule has 39 heavy (non-hydrogen) atoms. The van der Waals surface area contributed by atoms with Crippen LogP contribution in [0.15, 0.2) is 71.6 Å². The number of para-hydroxylation sites is 2. The minimum absolute atomic E-state index is 0.133. The van der Waals surface area contributed by atoms with Crippen molar-refractivity contribution in [2.24, 2.45) is 0 Å². The molecule has 0 unspecified atom stereocenters. The van der Waals surface area contributed by atoms with Crippen LogP contribution in [0.4, 0.5) is 10.5 Å². The van der Waals surface area contributed by atoms with Gasteiger partial charge in [-0.1, -0.05) is 67.9 Å². The Hall–Kier alpha value is -3.75. The molecule has 3 aromatic carbocycles. The number of nitrogens with zero attached hydrogens (tertiary/aromatic N) is 1. The third-order valence-corrected chi connectivity index (χ3v) is 7.19. The zero-order valence-electron chi connectivity index (χ0n) is 21.9. The zero-order chi connectivity index (χ0) is 27.9. The molecule has 1 aliphatic rings. The van der Waals surface area contributed by atoms with E-state index in [-0.39, 0.29) is 41.7 Å². The topological polar surface area (TPSA) is 84.9 Å². The van der Waals surface area contributed by atoms with E-state index in [4.69, 9.17) is 21.1 Å². The van der Waals surface area contributed by atoms with Gasteiger partial charge in [0, 0.05) is 5.56 Å². The van der Waals surface area contributed by atoms with Crippen molar-refractivity contribution in [1.29, 1.82) is 0 Å². The highest BCUT2D eigenvalue weighted by Gasteiger charge is 2.35. The van der Waals surface area contributed by atoms with Gasteiger partial charge in [0.2, 0.25) is 0 Å². The highest BCUT2D eigenvalue weighted by molar-refractivity contribution is 8.18. The maximum atomic E-state index is 13.0. The summed E-state index contributed by atoms with van der Waals surface area (Å²) in [5, 5.41) is 2.77. The van der Waals surface area contributed by atoms with Crippen LogP contribution in [0.2, 0.25) is 5.02 Å². The van der Waals surface area contributed by atoms with E-state index in [1.807, 2.05) is 25.1 Å². The Morgan fingerprint density at radius 1 is 1.03 bits per heavy atom. The van der Waals surface area contributed by atoms with Crippen LogP contribution in [0.3, 0.4) is 0 Å².